The van der Waals surface area contributed by atoms with Crippen LogP contribution < -0.4 is 11.5 Å². The van der Waals surface area contributed by atoms with Gasteiger partial charge >= 0.3 is 29.9 Å². The van der Waals surface area contributed by atoms with Crippen LogP contribution in [0.1, 0.15) is 128 Å². The molecule has 5 aromatic heterocycles. The summed E-state index contributed by atoms with van der Waals surface area (Å²) in [5, 5.41) is 57.0. The molecule has 0 atom stereocenters. The first kappa shape index (κ1) is 54.5. The van der Waals surface area contributed by atoms with Gasteiger partial charge in [0.25, 0.3) is 17.6 Å². The van der Waals surface area contributed by atoms with Gasteiger partial charge in [-0.1, -0.05) is 41.5 Å². The molecule has 0 aliphatic heterocycles. The second-order valence-corrected chi connectivity index (χ2v) is 18.3. The summed E-state index contributed by atoms with van der Waals surface area (Å²) in [6, 6.07) is 9.46. The number of ether oxygens (including phenoxy) is 4. The van der Waals surface area contributed by atoms with Gasteiger partial charge < -0.3 is 35.5 Å². The summed E-state index contributed by atoms with van der Waals surface area (Å²) < 4.78 is 25.3. The highest BCUT2D eigenvalue weighted by Crippen LogP contribution is 2.41. The van der Waals surface area contributed by atoms with Gasteiger partial charge in [-0.05, 0) is 64.1 Å². The van der Waals surface area contributed by atoms with Gasteiger partial charge in [0.1, 0.15) is 11.6 Å². The smallest absolute Gasteiger partial charge is 0.338 e. The highest BCUT2D eigenvalue weighted by Gasteiger charge is 2.32. The Morgan fingerprint density at radius 3 is 1.35 bits per heavy atom. The van der Waals surface area contributed by atoms with E-state index in [0.29, 0.717) is 0 Å². The van der Waals surface area contributed by atoms with E-state index in [1.807, 2.05) is 47.6 Å². The molecule has 7 aromatic rings. The number of carbonyl (C=O) groups is 4. The van der Waals surface area contributed by atoms with Crippen molar-refractivity contribution >= 4 is 64.2 Å². The van der Waals surface area contributed by atoms with Crippen molar-refractivity contribution in [2.45, 2.75) is 80.1 Å². The fourth-order valence-corrected chi connectivity index (χ4v) is 7.28. The summed E-state index contributed by atoms with van der Waals surface area (Å²) in [6.45, 7) is 25.6. The Hall–Kier alpha value is -10.2. The van der Waals surface area contributed by atoms with E-state index in [4.69, 9.17) is 47.2 Å². The fraction of sp³-hybridized carbons (Fsp3) is 0.327. The van der Waals surface area contributed by atoms with Crippen molar-refractivity contribution in [3.8, 4) is 35.4 Å². The van der Waals surface area contributed by atoms with Crippen molar-refractivity contribution in [1.29, 1.82) is 5.26 Å². The Balaban J connectivity index is 1.32. The van der Waals surface area contributed by atoms with Crippen LogP contribution in [0.25, 0.3) is 28.1 Å². The molecule has 77 heavy (non-hydrogen) atoms. The van der Waals surface area contributed by atoms with E-state index in [1.165, 1.54) is 58.2 Å². The lowest BCUT2D eigenvalue weighted by molar-refractivity contribution is 0.0506. The lowest BCUT2D eigenvalue weighted by Crippen LogP contribution is -2.16. The van der Waals surface area contributed by atoms with Crippen LogP contribution in [0.5, 0.6) is 6.01 Å². The molecule has 0 radical (unpaired) electrons. The van der Waals surface area contributed by atoms with Gasteiger partial charge in [-0.2, -0.15) is 50.0 Å². The third kappa shape index (κ3) is 11.3. The van der Waals surface area contributed by atoms with Crippen molar-refractivity contribution in [3.05, 3.63) is 99.4 Å². The molecule has 396 valence electrons. The Bertz CT molecular complexity index is 3310. The molecule has 0 fully saturated rings. The number of nitriles is 1. The van der Waals surface area contributed by atoms with Gasteiger partial charge in [0, 0.05) is 10.8 Å². The van der Waals surface area contributed by atoms with E-state index in [1.54, 1.807) is 27.7 Å². The maximum Gasteiger partial charge on any atom is 0.338 e. The average Bonchev–Trinajstić information content (AvgIpc) is 4.20. The van der Waals surface area contributed by atoms with Gasteiger partial charge in [-0.25, -0.2) is 33.4 Å². The quantitative estimate of drug-likeness (QED) is 0.0356. The number of hydrogen-bond acceptors (Lipinski definition) is 23. The van der Waals surface area contributed by atoms with Crippen LogP contribution in [0.4, 0.5) is 40.3 Å². The summed E-state index contributed by atoms with van der Waals surface area (Å²) in [5.74, 6) is -4.13. The van der Waals surface area contributed by atoms with Crippen LogP contribution in [-0.2, 0) is 29.8 Å². The number of benzene rings is 2. The van der Waals surface area contributed by atoms with Crippen molar-refractivity contribution in [2.75, 3.05) is 37.9 Å². The van der Waals surface area contributed by atoms with Gasteiger partial charge in [0.2, 0.25) is 0 Å². The number of nitrogens with two attached hydrogens (primary N) is 2. The molecule has 0 unspecified atom stereocenters. The maximum absolute atomic E-state index is 12.9. The van der Waals surface area contributed by atoms with Crippen molar-refractivity contribution < 1.29 is 43.2 Å². The second-order valence-electron chi connectivity index (χ2n) is 18.3. The van der Waals surface area contributed by atoms with E-state index in [-0.39, 0.29) is 129 Å². The van der Waals surface area contributed by atoms with E-state index in [2.05, 4.69) is 50.5 Å². The zero-order chi connectivity index (χ0) is 56.1. The van der Waals surface area contributed by atoms with Crippen LogP contribution >= 0.6 is 0 Å². The van der Waals surface area contributed by atoms with Crippen molar-refractivity contribution in [1.82, 2.24) is 54.1 Å². The van der Waals surface area contributed by atoms with Gasteiger partial charge in [0.15, 0.2) is 34.6 Å². The molecule has 0 spiro atoms. The minimum atomic E-state index is -0.802. The number of rotatable bonds is 16. The van der Waals surface area contributed by atoms with Gasteiger partial charge in [-0.15, -0.1) is 20.5 Å². The molecular weight excluding hydrogens is 999 g/mol. The molecule has 5 N–H and O–H groups in total. The zero-order valence-electron chi connectivity index (χ0n) is 43.4. The first-order valence-corrected chi connectivity index (χ1v) is 23.6. The predicted molar refractivity (Wildman–Crippen MR) is 272 cm³/mol. The van der Waals surface area contributed by atoms with E-state index in [9.17, 15) is 29.5 Å². The Morgan fingerprint density at radius 2 is 0.987 bits per heavy atom. The number of aromatic nitrogens is 11. The zero-order valence-corrected chi connectivity index (χ0v) is 43.4. The maximum atomic E-state index is 12.9. The summed E-state index contributed by atoms with van der Waals surface area (Å²) in [6.07, 6.45) is 2.45. The normalized spacial score (nSPS) is 11.7. The van der Waals surface area contributed by atoms with Crippen LogP contribution in [0.15, 0.2) is 69.2 Å². The molecule has 2 aromatic carbocycles. The molecule has 0 saturated carbocycles. The molecule has 0 aliphatic carbocycles. The topological polar surface area (TPSA) is 365 Å². The third-order valence-electron chi connectivity index (χ3n) is 10.8. The largest absolute Gasteiger partial charge is 0.479 e. The second kappa shape index (κ2) is 22.1. The minimum absolute atomic E-state index is 0.000248. The average molecular weight is 1050 g/mol. The standard InChI is InChI=1S/C49H51N19O9/c1-12-74-41(69)25-16-26(42(70)75-13-2)19-30(18-25)65-39(29(22-50)23-54-65)61-59-33-35(48(5,6)7)63-67(37(33)51)45-56-46(58-47(73)57-45)68-38(52)34(36(64-68)49(8,9)10)60-62-40-32(53-11)24-55-66(40)31-20-27(43(71)76-14-3)17-28(21-31)44(72)77-15-4/h16-21,23-24H,12-15,51-52H2,1-10H3,(H,56,57,58,73). The Labute approximate surface area is 438 Å². The molecule has 0 aliphatic rings. The summed E-state index contributed by atoms with van der Waals surface area (Å²) >= 11 is 0. The molecule has 7 rings (SSSR count). The highest BCUT2D eigenvalue weighted by molar-refractivity contribution is 5.97. The summed E-state index contributed by atoms with van der Waals surface area (Å²) in [5.41, 5.74) is 12.7. The lowest BCUT2D eigenvalue weighted by Gasteiger charge is -2.15. The third-order valence-corrected chi connectivity index (χ3v) is 10.8. The number of esters is 4. The van der Waals surface area contributed by atoms with E-state index < -0.39 is 40.7 Å². The summed E-state index contributed by atoms with van der Waals surface area (Å²) in [7, 11) is 0. The van der Waals surface area contributed by atoms with Gasteiger partial charge in [-0.3, -0.25) is 0 Å². The molecule has 28 nitrogen and oxygen atoms in total. The minimum Gasteiger partial charge on any atom is -0.479 e. The molecule has 5 heterocycles. The number of anilines is 2. The number of aromatic hydroxyl groups is 1. The van der Waals surface area contributed by atoms with Crippen LogP contribution in [0.2, 0.25) is 0 Å². The summed E-state index contributed by atoms with van der Waals surface area (Å²) in [4.78, 5) is 68.0. The first-order chi connectivity index (χ1) is 36.6. The number of nitrogens with zero attached hydrogens (tertiary/aromatic N) is 17. The molecular formula is C49H51N19O9. The molecule has 0 amide bonds. The number of azo groups is 2. The van der Waals surface area contributed by atoms with E-state index in [0.717, 1.165) is 9.36 Å². The monoisotopic (exact) mass is 1050 g/mol. The Morgan fingerprint density at radius 1 is 0.610 bits per heavy atom. The predicted octanol–water partition coefficient (Wildman–Crippen LogP) is 8.04. The highest BCUT2D eigenvalue weighted by atomic mass is 16.5. The van der Waals surface area contributed by atoms with Crippen LogP contribution in [0, 0.1) is 17.9 Å². The number of carbonyl (C=O) groups excluding carboxylic acids is 4. The molecule has 28 heteroatoms. The van der Waals surface area contributed by atoms with Gasteiger partial charge in [0.05, 0.1) is 90.4 Å². The van der Waals surface area contributed by atoms with Crippen molar-refractivity contribution in [3.63, 3.8) is 0 Å². The fourth-order valence-electron chi connectivity index (χ4n) is 7.28. The van der Waals surface area contributed by atoms with Crippen LogP contribution in [-0.4, -0.2) is 109 Å². The lowest BCUT2D eigenvalue weighted by atomic mass is 9.91. The van der Waals surface area contributed by atoms with E-state index >= 15 is 0 Å². The SMILES string of the molecule is [C-]#[N+]c1cnn(-c2cc(C(=O)OCC)cc(C(=O)OCC)c2)c1N=Nc1c(C(C)(C)C)nn(-c2nc(O)nc(-n3nc(C(C)(C)C)c(N=Nc4c(C#N)cnn4-c4cc(C(=O)OCC)cc(C(=O)OCC)c4)c3N)n2)c1N. The number of nitrogen functional groups attached to an aromatic ring is 2. The molecule has 0 bridgehead atoms. The number of hydrogen-bond donors (Lipinski definition) is 3. The first-order valence-electron chi connectivity index (χ1n) is 23.6. The molecule has 0 saturated heterocycles. The Kier molecular flexibility index (Phi) is 15.6. The van der Waals surface area contributed by atoms with Crippen LogP contribution in [0.3, 0.4) is 0 Å². The van der Waals surface area contributed by atoms with Crippen molar-refractivity contribution in [2.24, 2.45) is 20.5 Å².